The maximum Gasteiger partial charge on any atom is 0.287 e. The summed E-state index contributed by atoms with van der Waals surface area (Å²) in [4.78, 5) is 28.5. The van der Waals surface area contributed by atoms with Gasteiger partial charge in [0.05, 0.1) is 27.3 Å². The standard InChI is InChI=1S/C18H17Cl2N5O4S2/c1-11-2-3-12(24-16(26)8-25-18(27)17(20)14(19)7-22-25)6-15(11)31(28,29)23-5-4-13-9-30-10-21-13/h2-3,6-7,9-10,23H,4-5,8H2,1H3,(H,24,26). The molecule has 9 nitrogen and oxygen atoms in total. The summed E-state index contributed by atoms with van der Waals surface area (Å²) in [7, 11) is -3.80. The third kappa shape index (κ3) is 5.89. The van der Waals surface area contributed by atoms with E-state index in [2.05, 4.69) is 20.1 Å². The van der Waals surface area contributed by atoms with E-state index in [9.17, 15) is 18.0 Å². The van der Waals surface area contributed by atoms with Crippen molar-refractivity contribution in [3.63, 3.8) is 0 Å². The molecular weight excluding hydrogens is 485 g/mol. The van der Waals surface area contributed by atoms with E-state index in [1.54, 1.807) is 24.6 Å². The van der Waals surface area contributed by atoms with Gasteiger partial charge in [0, 0.05) is 24.0 Å². The van der Waals surface area contributed by atoms with Gasteiger partial charge in [-0.15, -0.1) is 11.3 Å². The molecule has 31 heavy (non-hydrogen) atoms. The molecule has 1 aromatic carbocycles. The van der Waals surface area contributed by atoms with E-state index in [-0.39, 0.29) is 27.2 Å². The summed E-state index contributed by atoms with van der Waals surface area (Å²) in [6.07, 6.45) is 1.62. The van der Waals surface area contributed by atoms with Gasteiger partial charge in [0.15, 0.2) is 0 Å². The second kappa shape index (κ2) is 9.88. The molecule has 0 spiro atoms. The Morgan fingerprint density at radius 3 is 2.77 bits per heavy atom. The summed E-state index contributed by atoms with van der Waals surface area (Å²) < 4.78 is 28.8. The second-order valence-electron chi connectivity index (χ2n) is 6.43. The van der Waals surface area contributed by atoms with Gasteiger partial charge >= 0.3 is 0 Å². The van der Waals surface area contributed by atoms with E-state index >= 15 is 0 Å². The summed E-state index contributed by atoms with van der Waals surface area (Å²) in [5, 5.41) is 7.91. The largest absolute Gasteiger partial charge is 0.324 e. The molecule has 1 amide bonds. The summed E-state index contributed by atoms with van der Waals surface area (Å²) in [5.41, 5.74) is 2.55. The molecule has 2 N–H and O–H groups in total. The first-order valence-corrected chi connectivity index (χ1v) is 12.0. The summed E-state index contributed by atoms with van der Waals surface area (Å²) in [6, 6.07) is 4.49. The van der Waals surface area contributed by atoms with E-state index in [0.29, 0.717) is 12.0 Å². The van der Waals surface area contributed by atoms with Crippen LogP contribution >= 0.6 is 34.5 Å². The lowest BCUT2D eigenvalue weighted by molar-refractivity contribution is -0.117. The SMILES string of the molecule is Cc1ccc(NC(=O)Cn2ncc(Cl)c(Cl)c2=O)cc1S(=O)(=O)NCCc1cscn1. The molecule has 3 rings (SSSR count). The highest BCUT2D eigenvalue weighted by atomic mass is 35.5. The quantitative estimate of drug-likeness (QED) is 0.488. The molecule has 0 atom stereocenters. The molecule has 3 aromatic rings. The van der Waals surface area contributed by atoms with E-state index in [1.165, 1.54) is 17.4 Å². The lowest BCUT2D eigenvalue weighted by atomic mass is 10.2. The van der Waals surface area contributed by atoms with Crippen LogP contribution in [0.3, 0.4) is 0 Å². The predicted molar refractivity (Wildman–Crippen MR) is 119 cm³/mol. The average Bonchev–Trinajstić information content (AvgIpc) is 3.23. The van der Waals surface area contributed by atoms with Crippen molar-refractivity contribution in [1.29, 1.82) is 0 Å². The minimum Gasteiger partial charge on any atom is -0.324 e. The highest BCUT2D eigenvalue weighted by molar-refractivity contribution is 7.89. The van der Waals surface area contributed by atoms with Crippen LogP contribution in [0, 0.1) is 6.92 Å². The van der Waals surface area contributed by atoms with Gasteiger partial charge in [-0.25, -0.2) is 22.8 Å². The molecule has 0 aliphatic heterocycles. The average molecular weight is 502 g/mol. The number of thiazole rings is 1. The Morgan fingerprint density at radius 1 is 1.29 bits per heavy atom. The van der Waals surface area contributed by atoms with Crippen LogP contribution in [-0.2, 0) is 27.8 Å². The zero-order valence-electron chi connectivity index (χ0n) is 16.1. The molecule has 0 radical (unpaired) electrons. The number of aromatic nitrogens is 3. The van der Waals surface area contributed by atoms with Crippen LogP contribution in [0.1, 0.15) is 11.3 Å². The number of carbonyl (C=O) groups is 1. The van der Waals surface area contributed by atoms with Crippen LogP contribution in [0.2, 0.25) is 10.0 Å². The van der Waals surface area contributed by atoms with Gasteiger partial charge in [-0.05, 0) is 24.6 Å². The van der Waals surface area contributed by atoms with E-state index in [1.807, 2.05) is 5.38 Å². The molecule has 0 saturated heterocycles. The first-order chi connectivity index (χ1) is 14.7. The number of aryl methyl sites for hydroxylation is 1. The number of hydrogen-bond acceptors (Lipinski definition) is 7. The van der Waals surface area contributed by atoms with Gasteiger partial charge in [0.2, 0.25) is 15.9 Å². The third-order valence-electron chi connectivity index (χ3n) is 4.15. The predicted octanol–water partition coefficient (Wildman–Crippen LogP) is 2.47. The number of halogens is 2. The van der Waals surface area contributed by atoms with Crippen molar-refractivity contribution in [1.82, 2.24) is 19.5 Å². The first-order valence-electron chi connectivity index (χ1n) is 8.86. The summed E-state index contributed by atoms with van der Waals surface area (Å²) in [6.45, 7) is 1.42. The van der Waals surface area contributed by atoms with Crippen molar-refractivity contribution >= 4 is 56.2 Å². The van der Waals surface area contributed by atoms with Crippen LogP contribution in [0.15, 0.2) is 45.0 Å². The molecule has 0 fully saturated rings. The van der Waals surface area contributed by atoms with Crippen molar-refractivity contribution in [2.45, 2.75) is 24.8 Å². The highest BCUT2D eigenvalue weighted by Gasteiger charge is 2.18. The molecule has 0 aliphatic rings. The van der Waals surface area contributed by atoms with Crippen molar-refractivity contribution in [3.05, 3.63) is 66.9 Å². The third-order valence-corrected chi connectivity index (χ3v) is 7.14. The Hall–Kier alpha value is -2.31. The Labute approximate surface area is 192 Å². The van der Waals surface area contributed by atoms with Gasteiger partial charge < -0.3 is 5.32 Å². The van der Waals surface area contributed by atoms with Gasteiger partial charge in [-0.2, -0.15) is 5.10 Å². The number of hydrogen-bond donors (Lipinski definition) is 2. The number of anilines is 1. The van der Waals surface area contributed by atoms with Gasteiger partial charge in [-0.3, -0.25) is 9.59 Å². The molecule has 164 valence electrons. The molecule has 13 heteroatoms. The minimum atomic E-state index is -3.80. The van der Waals surface area contributed by atoms with Crippen LogP contribution in [0.4, 0.5) is 5.69 Å². The Bertz CT molecular complexity index is 1260. The van der Waals surface area contributed by atoms with E-state index in [4.69, 9.17) is 23.2 Å². The maximum absolute atomic E-state index is 12.7. The second-order valence-corrected chi connectivity index (χ2v) is 9.66. The smallest absolute Gasteiger partial charge is 0.287 e. The van der Waals surface area contributed by atoms with Crippen LogP contribution in [0.5, 0.6) is 0 Å². The summed E-state index contributed by atoms with van der Waals surface area (Å²) in [5.74, 6) is -0.586. The number of benzene rings is 1. The molecule has 0 saturated carbocycles. The number of carbonyl (C=O) groups excluding carboxylic acids is 1. The topological polar surface area (TPSA) is 123 Å². The van der Waals surface area contributed by atoms with E-state index in [0.717, 1.165) is 16.6 Å². The molecule has 0 unspecified atom stereocenters. The fraction of sp³-hybridized carbons (Fsp3) is 0.222. The van der Waals surface area contributed by atoms with Crippen molar-refractivity contribution in [2.75, 3.05) is 11.9 Å². The molecule has 2 heterocycles. The minimum absolute atomic E-state index is 0.0148. The van der Waals surface area contributed by atoms with Crippen LogP contribution < -0.4 is 15.6 Å². The van der Waals surface area contributed by atoms with Crippen molar-refractivity contribution in [2.24, 2.45) is 0 Å². The number of nitrogens with zero attached hydrogens (tertiary/aromatic N) is 3. The highest BCUT2D eigenvalue weighted by Crippen LogP contribution is 2.20. The van der Waals surface area contributed by atoms with Gasteiger partial charge in [-0.1, -0.05) is 29.3 Å². The van der Waals surface area contributed by atoms with Crippen LogP contribution in [-0.4, -0.2) is 35.6 Å². The maximum atomic E-state index is 12.7. The first kappa shape index (κ1) is 23.4. The number of sulfonamides is 1. The number of amides is 1. The monoisotopic (exact) mass is 501 g/mol. The Morgan fingerprint density at radius 2 is 2.06 bits per heavy atom. The molecule has 0 aliphatic carbocycles. The molecule has 2 aromatic heterocycles. The lowest BCUT2D eigenvalue weighted by Gasteiger charge is -2.12. The van der Waals surface area contributed by atoms with Crippen LogP contribution in [0.25, 0.3) is 0 Å². The zero-order chi connectivity index (χ0) is 22.6. The van der Waals surface area contributed by atoms with Crippen molar-refractivity contribution in [3.8, 4) is 0 Å². The zero-order valence-corrected chi connectivity index (χ0v) is 19.3. The van der Waals surface area contributed by atoms with E-state index < -0.39 is 28.0 Å². The fourth-order valence-electron chi connectivity index (χ4n) is 2.61. The lowest BCUT2D eigenvalue weighted by Crippen LogP contribution is -2.30. The number of rotatable bonds is 8. The fourth-order valence-corrected chi connectivity index (χ4v) is 4.78. The molecular formula is C18H17Cl2N5O4S2. The number of nitrogens with one attached hydrogen (secondary N) is 2. The summed E-state index contributed by atoms with van der Waals surface area (Å²) >= 11 is 12.9. The normalized spacial score (nSPS) is 11.5. The van der Waals surface area contributed by atoms with Gasteiger partial charge in [0.1, 0.15) is 11.6 Å². The Kier molecular flexibility index (Phi) is 7.44. The van der Waals surface area contributed by atoms with Gasteiger partial charge in [0.25, 0.3) is 5.56 Å². The Balaban J connectivity index is 1.70. The molecule has 0 bridgehead atoms. The van der Waals surface area contributed by atoms with Crippen molar-refractivity contribution < 1.29 is 13.2 Å².